The molecule has 0 saturated heterocycles. The van der Waals surface area contributed by atoms with Gasteiger partial charge in [0.25, 0.3) is 0 Å². The van der Waals surface area contributed by atoms with Gasteiger partial charge in [-0.1, -0.05) is 17.8 Å². The van der Waals surface area contributed by atoms with E-state index in [2.05, 4.69) is 36.4 Å². The topological polar surface area (TPSA) is 116 Å². The van der Waals surface area contributed by atoms with Crippen molar-refractivity contribution in [2.45, 2.75) is 37.9 Å². The van der Waals surface area contributed by atoms with E-state index >= 15 is 0 Å². The lowest BCUT2D eigenvalue weighted by Crippen LogP contribution is -2.15. The highest BCUT2D eigenvalue weighted by atomic mass is 32.2. The Morgan fingerprint density at radius 3 is 2.77 bits per heavy atom. The van der Waals surface area contributed by atoms with Crippen LogP contribution in [0.1, 0.15) is 30.3 Å². The second kappa shape index (κ2) is 6.83. The number of hydrogen-bond donors (Lipinski definition) is 1. The largest absolute Gasteiger partial charge is 0.325 e. The lowest BCUT2D eigenvalue weighted by Gasteiger charge is -2.10. The van der Waals surface area contributed by atoms with E-state index in [1.165, 1.54) is 11.8 Å². The fourth-order valence-corrected chi connectivity index (χ4v) is 3.27. The predicted molar refractivity (Wildman–Crippen MR) is 94.1 cm³/mol. The van der Waals surface area contributed by atoms with Crippen molar-refractivity contribution in [3.05, 3.63) is 29.6 Å². The molecule has 3 aromatic rings. The molecular formula is C15H17N9OS. The molecule has 0 aliphatic heterocycles. The van der Waals surface area contributed by atoms with E-state index < -0.39 is 0 Å². The summed E-state index contributed by atoms with van der Waals surface area (Å²) in [6.07, 6.45) is 2.18. The van der Waals surface area contributed by atoms with Gasteiger partial charge in [0.15, 0.2) is 5.82 Å². The summed E-state index contributed by atoms with van der Waals surface area (Å²) in [7, 11) is 0. The molecule has 1 amide bonds. The molecule has 0 radical (unpaired) electrons. The molecule has 26 heavy (non-hydrogen) atoms. The van der Waals surface area contributed by atoms with Crippen LogP contribution in [-0.4, -0.2) is 52.1 Å². The first-order chi connectivity index (χ1) is 12.6. The van der Waals surface area contributed by atoms with Crippen molar-refractivity contribution >= 4 is 23.4 Å². The molecular weight excluding hydrogens is 354 g/mol. The van der Waals surface area contributed by atoms with Crippen LogP contribution in [0.15, 0.2) is 23.4 Å². The van der Waals surface area contributed by atoms with Gasteiger partial charge in [0, 0.05) is 5.69 Å². The number of rotatable bonds is 6. The maximum atomic E-state index is 12.3. The van der Waals surface area contributed by atoms with Crippen molar-refractivity contribution in [1.29, 1.82) is 0 Å². The van der Waals surface area contributed by atoms with E-state index in [1.807, 2.05) is 32.0 Å². The number of benzene rings is 1. The third kappa shape index (κ3) is 3.43. The van der Waals surface area contributed by atoms with Crippen LogP contribution in [0.25, 0.3) is 5.69 Å². The van der Waals surface area contributed by atoms with Gasteiger partial charge < -0.3 is 5.32 Å². The van der Waals surface area contributed by atoms with Crippen molar-refractivity contribution in [3.63, 3.8) is 0 Å². The number of carbonyl (C=O) groups is 1. The summed E-state index contributed by atoms with van der Waals surface area (Å²) in [5.74, 6) is 0.794. The van der Waals surface area contributed by atoms with E-state index in [4.69, 9.17) is 0 Å². The van der Waals surface area contributed by atoms with E-state index in [-0.39, 0.29) is 11.7 Å². The van der Waals surface area contributed by atoms with Gasteiger partial charge in [-0.25, -0.2) is 4.68 Å². The SMILES string of the molecule is Cc1ccc(NC(=O)CSc2nnnn2C2CC2)cc1-n1nnnc1C. The standard InChI is InChI=1S/C15H17N9OS/c1-9-3-4-11(7-13(9)23-10(2)17-19-21-23)16-14(25)8-26-15-18-20-22-24(15)12-5-6-12/h3-4,7,12H,5-6,8H2,1-2H3,(H,16,25). The van der Waals surface area contributed by atoms with Crippen molar-refractivity contribution < 1.29 is 4.79 Å². The Bertz CT molecular complexity index is 946. The molecule has 11 heteroatoms. The minimum atomic E-state index is -0.122. The van der Waals surface area contributed by atoms with Gasteiger partial charge in [-0.2, -0.15) is 4.68 Å². The van der Waals surface area contributed by atoms with Crippen LogP contribution >= 0.6 is 11.8 Å². The highest BCUT2D eigenvalue weighted by molar-refractivity contribution is 7.99. The number of amides is 1. The molecule has 0 unspecified atom stereocenters. The second-order valence-electron chi connectivity index (χ2n) is 6.11. The maximum Gasteiger partial charge on any atom is 0.234 e. The fraction of sp³-hybridized carbons (Fsp3) is 0.400. The van der Waals surface area contributed by atoms with E-state index in [0.717, 1.165) is 24.1 Å². The van der Waals surface area contributed by atoms with Crippen LogP contribution in [0.2, 0.25) is 0 Å². The first-order valence-corrected chi connectivity index (χ1v) is 9.17. The average Bonchev–Trinajstić information content (AvgIpc) is 3.21. The smallest absolute Gasteiger partial charge is 0.234 e. The van der Waals surface area contributed by atoms with Gasteiger partial charge in [-0.05, 0) is 65.2 Å². The summed E-state index contributed by atoms with van der Waals surface area (Å²) in [4.78, 5) is 12.3. The molecule has 4 rings (SSSR count). The highest BCUT2D eigenvalue weighted by Crippen LogP contribution is 2.36. The summed E-state index contributed by atoms with van der Waals surface area (Å²) in [5, 5.41) is 26.8. The van der Waals surface area contributed by atoms with Gasteiger partial charge >= 0.3 is 0 Å². The number of carbonyl (C=O) groups excluding carboxylic acids is 1. The third-order valence-electron chi connectivity index (χ3n) is 4.03. The first-order valence-electron chi connectivity index (χ1n) is 8.18. The van der Waals surface area contributed by atoms with Crippen molar-refractivity contribution in [2.24, 2.45) is 0 Å². The Morgan fingerprint density at radius 2 is 2.04 bits per heavy atom. The molecule has 2 aromatic heterocycles. The fourth-order valence-electron chi connectivity index (χ4n) is 2.53. The number of aryl methyl sites for hydroxylation is 2. The normalized spacial score (nSPS) is 13.8. The molecule has 1 fully saturated rings. The molecule has 1 aliphatic rings. The Hall–Kier alpha value is -2.82. The lowest BCUT2D eigenvalue weighted by atomic mass is 10.2. The Kier molecular flexibility index (Phi) is 4.37. The number of nitrogens with one attached hydrogen (secondary N) is 1. The number of anilines is 1. The van der Waals surface area contributed by atoms with Crippen molar-refractivity contribution in [1.82, 2.24) is 40.4 Å². The predicted octanol–water partition coefficient (Wildman–Crippen LogP) is 1.33. The molecule has 134 valence electrons. The van der Waals surface area contributed by atoms with Crippen molar-refractivity contribution in [2.75, 3.05) is 11.1 Å². The lowest BCUT2D eigenvalue weighted by molar-refractivity contribution is -0.113. The van der Waals surface area contributed by atoms with E-state index in [9.17, 15) is 4.79 Å². The summed E-state index contributed by atoms with van der Waals surface area (Å²) in [5.41, 5.74) is 2.53. The molecule has 1 saturated carbocycles. The van der Waals surface area contributed by atoms with E-state index in [1.54, 1.807) is 9.36 Å². The zero-order chi connectivity index (χ0) is 18.1. The van der Waals surface area contributed by atoms with Gasteiger partial charge in [0.05, 0.1) is 17.5 Å². The third-order valence-corrected chi connectivity index (χ3v) is 4.97. The molecule has 0 atom stereocenters. The molecule has 0 bridgehead atoms. The minimum absolute atomic E-state index is 0.122. The maximum absolute atomic E-state index is 12.3. The second-order valence-corrected chi connectivity index (χ2v) is 7.06. The molecule has 0 spiro atoms. The molecule has 2 heterocycles. The first kappa shape index (κ1) is 16.6. The zero-order valence-electron chi connectivity index (χ0n) is 14.3. The van der Waals surface area contributed by atoms with Gasteiger partial charge in [-0.15, -0.1) is 10.2 Å². The van der Waals surface area contributed by atoms with Crippen LogP contribution in [0, 0.1) is 13.8 Å². The summed E-state index contributed by atoms with van der Waals surface area (Å²) in [6, 6.07) is 6.02. The summed E-state index contributed by atoms with van der Waals surface area (Å²) in [6.45, 7) is 3.79. The number of aromatic nitrogens is 8. The van der Waals surface area contributed by atoms with Gasteiger partial charge in [0.1, 0.15) is 0 Å². The minimum Gasteiger partial charge on any atom is -0.325 e. The number of hydrogen-bond acceptors (Lipinski definition) is 8. The Labute approximate surface area is 153 Å². The molecule has 1 N–H and O–H groups in total. The van der Waals surface area contributed by atoms with Crippen molar-refractivity contribution in [3.8, 4) is 5.69 Å². The van der Waals surface area contributed by atoms with Crippen LogP contribution in [0.5, 0.6) is 0 Å². The number of tetrazole rings is 2. The summed E-state index contributed by atoms with van der Waals surface area (Å²) >= 11 is 1.33. The van der Waals surface area contributed by atoms with Crippen LogP contribution in [-0.2, 0) is 4.79 Å². The monoisotopic (exact) mass is 371 g/mol. The van der Waals surface area contributed by atoms with Crippen LogP contribution in [0.4, 0.5) is 5.69 Å². The zero-order valence-corrected chi connectivity index (χ0v) is 15.1. The van der Waals surface area contributed by atoms with Gasteiger partial charge in [-0.3, -0.25) is 4.79 Å². The van der Waals surface area contributed by atoms with Gasteiger partial charge in [0.2, 0.25) is 11.1 Å². The average molecular weight is 371 g/mol. The summed E-state index contributed by atoms with van der Waals surface area (Å²) < 4.78 is 3.44. The molecule has 1 aliphatic carbocycles. The Balaban J connectivity index is 1.43. The van der Waals surface area contributed by atoms with Crippen LogP contribution < -0.4 is 5.32 Å². The quantitative estimate of drug-likeness (QED) is 0.645. The molecule has 1 aromatic carbocycles. The van der Waals surface area contributed by atoms with Crippen LogP contribution in [0.3, 0.4) is 0 Å². The highest BCUT2D eigenvalue weighted by Gasteiger charge is 2.28. The number of thioether (sulfide) groups is 1. The number of nitrogens with zero attached hydrogens (tertiary/aromatic N) is 8. The Morgan fingerprint density at radius 1 is 1.23 bits per heavy atom. The molecule has 10 nitrogen and oxygen atoms in total. The van der Waals surface area contributed by atoms with E-state index in [0.29, 0.717) is 22.7 Å².